The predicted octanol–water partition coefficient (Wildman–Crippen LogP) is 2.80. The van der Waals surface area contributed by atoms with Crippen LogP contribution in [0.25, 0.3) is 0 Å². The largest absolute Gasteiger partial charge is 0.374 e. The molecule has 0 spiro atoms. The van der Waals surface area contributed by atoms with Gasteiger partial charge in [-0.2, -0.15) is 4.57 Å². The molecule has 0 radical (unpaired) electrons. The van der Waals surface area contributed by atoms with E-state index in [9.17, 15) is 9.59 Å². The number of carbonyl (C=O) groups is 2. The first-order chi connectivity index (χ1) is 12.1. The maximum Gasteiger partial charge on any atom is 0.245 e. The third-order valence-corrected chi connectivity index (χ3v) is 4.01. The molecule has 0 saturated carbocycles. The van der Waals surface area contributed by atoms with Crippen molar-refractivity contribution in [1.82, 2.24) is 4.90 Å². The Hall–Kier alpha value is -3.01. The topological polar surface area (TPSA) is 41.3 Å². The molecule has 1 aromatic heterocycles. The van der Waals surface area contributed by atoms with Gasteiger partial charge in [-0.05, 0) is 19.1 Å². The van der Waals surface area contributed by atoms with Crippen molar-refractivity contribution in [3.05, 3.63) is 89.4 Å². The Bertz CT molecular complexity index is 779. The first kappa shape index (κ1) is 18.3. The smallest absolute Gasteiger partial charge is 0.245 e. The van der Waals surface area contributed by atoms with E-state index >= 15 is 0 Å². The minimum atomic E-state index is 0.696. The number of rotatable bonds is 4. The Morgan fingerprint density at radius 1 is 1.04 bits per heavy atom. The van der Waals surface area contributed by atoms with Crippen LogP contribution in [0.2, 0.25) is 0 Å². The first-order valence-electron chi connectivity index (χ1n) is 8.16. The lowest BCUT2D eigenvalue weighted by Crippen LogP contribution is -2.38. The molecule has 0 fully saturated rings. The van der Waals surface area contributed by atoms with Gasteiger partial charge in [0.25, 0.3) is 0 Å². The van der Waals surface area contributed by atoms with Crippen LogP contribution in [-0.2, 0) is 11.3 Å². The van der Waals surface area contributed by atoms with E-state index in [0.29, 0.717) is 5.69 Å². The Balaban J connectivity index is 0.000000196. The van der Waals surface area contributed by atoms with Gasteiger partial charge >= 0.3 is 0 Å². The van der Waals surface area contributed by atoms with Gasteiger partial charge < -0.3 is 4.90 Å². The number of hydrogen-bond acceptors (Lipinski definition) is 3. The van der Waals surface area contributed by atoms with E-state index in [0.717, 1.165) is 36.9 Å². The lowest BCUT2D eigenvalue weighted by Gasteiger charge is -2.21. The maximum atomic E-state index is 10.8. The average Bonchev–Trinajstić information content (AvgIpc) is 2.66. The second-order valence-electron chi connectivity index (χ2n) is 5.85. The fourth-order valence-corrected chi connectivity index (χ4v) is 2.40. The highest BCUT2D eigenvalue weighted by molar-refractivity contribution is 5.78. The summed E-state index contributed by atoms with van der Waals surface area (Å²) in [4.78, 5) is 23.2. The number of allylic oxidation sites excluding steroid dienone is 3. The fraction of sp³-hybridized carbons (Fsp3) is 0.190. The summed E-state index contributed by atoms with van der Waals surface area (Å²) in [5.41, 5.74) is 3.82. The van der Waals surface area contributed by atoms with E-state index in [2.05, 4.69) is 17.0 Å². The van der Waals surface area contributed by atoms with Crippen LogP contribution in [0.4, 0.5) is 0 Å². The maximum absolute atomic E-state index is 10.8. The van der Waals surface area contributed by atoms with E-state index < -0.39 is 0 Å². The van der Waals surface area contributed by atoms with Crippen molar-refractivity contribution in [3.63, 3.8) is 0 Å². The van der Waals surface area contributed by atoms with Crippen molar-refractivity contribution in [2.24, 2.45) is 0 Å². The number of benzene rings is 1. The highest BCUT2D eigenvalue weighted by atomic mass is 16.1. The third-order valence-electron chi connectivity index (χ3n) is 4.01. The number of nitrogens with zero attached hydrogens (tertiary/aromatic N) is 2. The zero-order chi connectivity index (χ0) is 18.1. The Morgan fingerprint density at radius 3 is 2.40 bits per heavy atom. The van der Waals surface area contributed by atoms with E-state index in [1.165, 1.54) is 5.56 Å². The van der Waals surface area contributed by atoms with Crippen LogP contribution in [-0.4, -0.2) is 31.1 Å². The second-order valence-corrected chi connectivity index (χ2v) is 5.85. The zero-order valence-electron chi connectivity index (χ0n) is 14.6. The van der Waals surface area contributed by atoms with Gasteiger partial charge in [0.1, 0.15) is 6.29 Å². The van der Waals surface area contributed by atoms with E-state index in [1.54, 1.807) is 0 Å². The Morgan fingerprint density at radius 2 is 1.76 bits per heavy atom. The molecule has 2 heterocycles. The number of pyridine rings is 1. The standard InChI is InChI=1S/C13H12NO.C8H11NO/c15-11-13-8-4-5-9-14(13)10-12-6-2-1-3-7-12;1-7-5-8(6-10)3-4-9(7)2/h1-9,11H,10H2;3,5-6H,4H2,1-2H3/q+1;. The van der Waals surface area contributed by atoms with Gasteiger partial charge in [0.15, 0.2) is 12.7 Å². The highest BCUT2D eigenvalue weighted by Crippen LogP contribution is 2.09. The molecule has 0 unspecified atom stereocenters. The summed E-state index contributed by atoms with van der Waals surface area (Å²) in [5, 5.41) is 0. The van der Waals surface area contributed by atoms with Crippen LogP contribution in [0.5, 0.6) is 0 Å². The van der Waals surface area contributed by atoms with Gasteiger partial charge in [0.05, 0.1) is 0 Å². The average molecular weight is 335 g/mol. The summed E-state index contributed by atoms with van der Waals surface area (Å²) in [7, 11) is 2.00. The molecule has 2 aromatic rings. The summed E-state index contributed by atoms with van der Waals surface area (Å²) < 4.78 is 1.93. The minimum absolute atomic E-state index is 0.696. The molecule has 25 heavy (non-hydrogen) atoms. The molecule has 0 saturated heterocycles. The molecule has 0 aliphatic carbocycles. The van der Waals surface area contributed by atoms with Crippen molar-refractivity contribution in [2.45, 2.75) is 13.5 Å². The third kappa shape index (κ3) is 5.53. The summed E-state index contributed by atoms with van der Waals surface area (Å²) in [6.45, 7) is 3.57. The van der Waals surface area contributed by atoms with Gasteiger partial charge in [-0.25, -0.2) is 0 Å². The fourth-order valence-electron chi connectivity index (χ4n) is 2.40. The molecule has 0 amide bonds. The molecule has 1 aromatic carbocycles. The Kier molecular flexibility index (Phi) is 6.84. The van der Waals surface area contributed by atoms with Crippen molar-refractivity contribution in [2.75, 3.05) is 13.6 Å². The van der Waals surface area contributed by atoms with Crippen LogP contribution in [0.3, 0.4) is 0 Å². The number of likely N-dealkylation sites (N-methyl/N-ethyl adjacent to an activating group) is 1. The number of aromatic nitrogens is 1. The van der Waals surface area contributed by atoms with Crippen LogP contribution < -0.4 is 4.57 Å². The summed E-state index contributed by atoms with van der Waals surface area (Å²) in [6.07, 6.45) is 7.48. The van der Waals surface area contributed by atoms with Crippen LogP contribution >= 0.6 is 0 Å². The lowest BCUT2D eigenvalue weighted by molar-refractivity contribution is -0.689. The molecule has 0 N–H and O–H groups in total. The van der Waals surface area contributed by atoms with Crippen molar-refractivity contribution in [3.8, 4) is 0 Å². The van der Waals surface area contributed by atoms with E-state index in [-0.39, 0.29) is 0 Å². The lowest BCUT2D eigenvalue weighted by atomic mass is 10.1. The molecule has 4 nitrogen and oxygen atoms in total. The summed E-state index contributed by atoms with van der Waals surface area (Å²) in [6, 6.07) is 15.7. The minimum Gasteiger partial charge on any atom is -0.374 e. The van der Waals surface area contributed by atoms with Crippen LogP contribution in [0.15, 0.2) is 78.1 Å². The molecule has 3 rings (SSSR count). The van der Waals surface area contributed by atoms with Crippen molar-refractivity contribution >= 4 is 12.6 Å². The molecular formula is C21H23N2O2+. The summed E-state index contributed by atoms with van der Waals surface area (Å²) in [5.74, 6) is 0. The first-order valence-corrected chi connectivity index (χ1v) is 8.16. The quantitative estimate of drug-likeness (QED) is 0.637. The van der Waals surface area contributed by atoms with E-state index in [4.69, 9.17) is 0 Å². The van der Waals surface area contributed by atoms with Crippen molar-refractivity contribution < 1.29 is 14.2 Å². The monoisotopic (exact) mass is 335 g/mol. The molecule has 4 heteroatoms. The van der Waals surface area contributed by atoms with E-state index in [1.807, 2.05) is 73.3 Å². The summed E-state index contributed by atoms with van der Waals surface area (Å²) >= 11 is 0. The highest BCUT2D eigenvalue weighted by Gasteiger charge is 2.08. The second kappa shape index (κ2) is 9.33. The number of hydrogen-bond donors (Lipinski definition) is 0. The van der Waals surface area contributed by atoms with Gasteiger partial charge in [-0.15, -0.1) is 0 Å². The molecule has 0 bridgehead atoms. The number of aldehydes is 2. The molecular weight excluding hydrogens is 312 g/mol. The van der Waals surface area contributed by atoms with Gasteiger partial charge in [-0.1, -0.05) is 36.4 Å². The van der Waals surface area contributed by atoms with Crippen molar-refractivity contribution in [1.29, 1.82) is 0 Å². The van der Waals surface area contributed by atoms with Crippen LogP contribution in [0, 0.1) is 0 Å². The molecule has 1 aliphatic rings. The SMILES string of the molecule is CC1=CC(C=O)=CCN1C.O=Cc1cccc[n+]1Cc1ccccc1. The van der Waals surface area contributed by atoms with Gasteiger partial charge in [0.2, 0.25) is 12.0 Å². The molecule has 0 atom stereocenters. The predicted molar refractivity (Wildman–Crippen MR) is 98.1 cm³/mol. The van der Waals surface area contributed by atoms with Crippen LogP contribution in [0.1, 0.15) is 23.0 Å². The zero-order valence-corrected chi connectivity index (χ0v) is 14.6. The Labute approximate surface area is 148 Å². The molecule has 128 valence electrons. The van der Waals surface area contributed by atoms with Gasteiger partial charge in [0, 0.05) is 42.6 Å². The molecule has 1 aliphatic heterocycles. The normalized spacial score (nSPS) is 13.1. The van der Waals surface area contributed by atoms with Gasteiger partial charge in [-0.3, -0.25) is 9.59 Å². The number of carbonyl (C=O) groups excluding carboxylic acids is 2.